The molecule has 2 heterocycles. The van der Waals surface area contributed by atoms with Gasteiger partial charge in [0, 0.05) is 57.4 Å². The third-order valence-electron chi connectivity index (χ3n) is 5.67. The Hall–Kier alpha value is -2.35. The van der Waals surface area contributed by atoms with Gasteiger partial charge in [0.05, 0.1) is 11.3 Å². The molecule has 1 fully saturated rings. The third-order valence-corrected chi connectivity index (χ3v) is 5.67. The summed E-state index contributed by atoms with van der Waals surface area (Å²) >= 11 is 0. The first-order valence-electron chi connectivity index (χ1n) is 9.80. The molecule has 0 radical (unpaired) electrons. The fraction of sp³-hybridized carbons (Fsp3) is 0.524. The maximum Gasteiger partial charge on any atom is 0.416 e. The van der Waals surface area contributed by atoms with E-state index in [9.17, 15) is 18.0 Å². The molecule has 3 rings (SSSR count). The van der Waals surface area contributed by atoms with Crippen LogP contribution in [0.25, 0.3) is 0 Å². The number of aromatic nitrogens is 2. The molecule has 0 atom stereocenters. The first kappa shape index (κ1) is 21.4. The van der Waals surface area contributed by atoms with Gasteiger partial charge in [-0.1, -0.05) is 12.1 Å². The van der Waals surface area contributed by atoms with Gasteiger partial charge in [-0.15, -0.1) is 0 Å². The molecule has 1 amide bonds. The second-order valence-corrected chi connectivity index (χ2v) is 7.62. The number of nitrogens with zero attached hydrogens (tertiary/aromatic N) is 4. The van der Waals surface area contributed by atoms with E-state index in [1.807, 2.05) is 23.6 Å². The molecular weight excluding hydrogens is 381 g/mol. The number of aryl methyl sites for hydroxylation is 3. The van der Waals surface area contributed by atoms with Gasteiger partial charge >= 0.3 is 6.18 Å². The minimum absolute atomic E-state index is 0.0540. The van der Waals surface area contributed by atoms with E-state index in [0.29, 0.717) is 25.9 Å². The highest BCUT2D eigenvalue weighted by Gasteiger charge is 2.30. The molecule has 5 nitrogen and oxygen atoms in total. The summed E-state index contributed by atoms with van der Waals surface area (Å²) in [7, 11) is 1.94. The number of hydrogen-bond donors (Lipinski definition) is 0. The summed E-state index contributed by atoms with van der Waals surface area (Å²) in [6, 6.07) is 5.04. The molecule has 2 aromatic rings. The van der Waals surface area contributed by atoms with Crippen LogP contribution in [-0.2, 0) is 31.0 Å². The molecule has 1 aliphatic heterocycles. The maximum atomic E-state index is 12.6. The lowest BCUT2D eigenvalue weighted by atomic mass is 10.1. The fourth-order valence-corrected chi connectivity index (χ4v) is 3.70. The van der Waals surface area contributed by atoms with Crippen molar-refractivity contribution < 1.29 is 18.0 Å². The Bertz CT molecular complexity index is 850. The zero-order valence-electron chi connectivity index (χ0n) is 17.1. The molecule has 8 heteroatoms. The van der Waals surface area contributed by atoms with Gasteiger partial charge in [0.2, 0.25) is 5.91 Å². The monoisotopic (exact) mass is 408 g/mol. The van der Waals surface area contributed by atoms with Gasteiger partial charge in [0.1, 0.15) is 0 Å². The van der Waals surface area contributed by atoms with Crippen molar-refractivity contribution in [2.24, 2.45) is 7.05 Å². The number of benzene rings is 1. The lowest BCUT2D eigenvalue weighted by molar-refractivity contribution is -0.137. The van der Waals surface area contributed by atoms with E-state index in [4.69, 9.17) is 0 Å². The van der Waals surface area contributed by atoms with Crippen molar-refractivity contribution in [3.05, 3.63) is 52.3 Å². The molecule has 0 unspecified atom stereocenters. The summed E-state index contributed by atoms with van der Waals surface area (Å²) < 4.78 is 39.8. The van der Waals surface area contributed by atoms with E-state index >= 15 is 0 Å². The van der Waals surface area contributed by atoms with Crippen LogP contribution in [0.15, 0.2) is 24.3 Å². The van der Waals surface area contributed by atoms with E-state index in [1.54, 1.807) is 0 Å². The summed E-state index contributed by atoms with van der Waals surface area (Å²) in [5.41, 5.74) is 3.53. The Morgan fingerprint density at radius 3 is 2.21 bits per heavy atom. The van der Waals surface area contributed by atoms with Gasteiger partial charge in [0.25, 0.3) is 0 Å². The number of rotatable bonds is 5. The number of alkyl halides is 3. The SMILES string of the molecule is Cc1nn(C)c(C)c1CN1CCN(C(=O)CCc2ccc(C(F)(F)F)cc2)CC1. The molecule has 29 heavy (non-hydrogen) atoms. The first-order valence-corrected chi connectivity index (χ1v) is 9.80. The molecule has 1 aromatic carbocycles. The minimum Gasteiger partial charge on any atom is -0.340 e. The standard InChI is InChI=1S/C21H27F3N4O/c1-15-19(16(2)26(3)25-15)14-27-10-12-28(13-11-27)20(29)9-6-17-4-7-18(8-5-17)21(22,23)24/h4-5,7-8H,6,9-14H2,1-3H3. The van der Waals surface area contributed by atoms with Crippen LogP contribution in [0.2, 0.25) is 0 Å². The highest BCUT2D eigenvalue weighted by Crippen LogP contribution is 2.29. The summed E-state index contributed by atoms with van der Waals surface area (Å²) in [5.74, 6) is 0.0540. The molecular formula is C21H27F3N4O. The summed E-state index contributed by atoms with van der Waals surface area (Å²) in [4.78, 5) is 16.7. The number of amides is 1. The van der Waals surface area contributed by atoms with Crippen LogP contribution in [0.5, 0.6) is 0 Å². The largest absolute Gasteiger partial charge is 0.416 e. The summed E-state index contributed by atoms with van der Waals surface area (Å²) in [5, 5.41) is 4.45. The van der Waals surface area contributed by atoms with Crippen LogP contribution in [0.3, 0.4) is 0 Å². The quantitative estimate of drug-likeness (QED) is 0.762. The molecule has 1 aromatic heterocycles. The van der Waals surface area contributed by atoms with Gasteiger partial charge in [-0.25, -0.2) is 0 Å². The molecule has 0 bridgehead atoms. The number of halogens is 3. The number of carbonyl (C=O) groups excluding carboxylic acids is 1. The minimum atomic E-state index is -4.33. The van der Waals surface area contributed by atoms with Crippen molar-refractivity contribution in [2.45, 2.75) is 39.4 Å². The second kappa shape index (κ2) is 8.57. The molecule has 1 aliphatic rings. The molecule has 1 saturated heterocycles. The van der Waals surface area contributed by atoms with Crippen LogP contribution in [0.4, 0.5) is 13.2 Å². The van der Waals surface area contributed by atoms with E-state index in [1.165, 1.54) is 17.7 Å². The topological polar surface area (TPSA) is 41.4 Å². The molecule has 0 spiro atoms. The Morgan fingerprint density at radius 1 is 1.07 bits per heavy atom. The van der Waals surface area contributed by atoms with Crippen LogP contribution >= 0.6 is 0 Å². The number of piperazine rings is 1. The van der Waals surface area contributed by atoms with Crippen LogP contribution < -0.4 is 0 Å². The fourth-order valence-electron chi connectivity index (χ4n) is 3.70. The van der Waals surface area contributed by atoms with Gasteiger partial charge in [0.15, 0.2) is 0 Å². The van der Waals surface area contributed by atoms with E-state index < -0.39 is 11.7 Å². The molecule has 0 aliphatic carbocycles. The van der Waals surface area contributed by atoms with Crippen LogP contribution in [0.1, 0.15) is 34.5 Å². The van der Waals surface area contributed by atoms with Crippen LogP contribution in [0, 0.1) is 13.8 Å². The average Bonchev–Trinajstić information content (AvgIpc) is 2.92. The Morgan fingerprint density at radius 2 is 1.69 bits per heavy atom. The smallest absolute Gasteiger partial charge is 0.340 e. The van der Waals surface area contributed by atoms with Crippen molar-refractivity contribution in [2.75, 3.05) is 26.2 Å². The van der Waals surface area contributed by atoms with Crippen molar-refractivity contribution in [1.29, 1.82) is 0 Å². The molecule has 0 saturated carbocycles. The van der Waals surface area contributed by atoms with E-state index in [0.717, 1.165) is 48.7 Å². The zero-order chi connectivity index (χ0) is 21.2. The number of hydrogen-bond acceptors (Lipinski definition) is 3. The van der Waals surface area contributed by atoms with Crippen LogP contribution in [-0.4, -0.2) is 51.7 Å². The maximum absolute atomic E-state index is 12.6. The Balaban J connectivity index is 1.46. The van der Waals surface area contributed by atoms with Crippen molar-refractivity contribution in [3.8, 4) is 0 Å². The lowest BCUT2D eigenvalue weighted by Crippen LogP contribution is -2.48. The molecule has 158 valence electrons. The second-order valence-electron chi connectivity index (χ2n) is 7.62. The predicted molar refractivity (Wildman–Crippen MR) is 104 cm³/mol. The van der Waals surface area contributed by atoms with E-state index in [2.05, 4.69) is 16.9 Å². The van der Waals surface area contributed by atoms with Gasteiger partial charge in [-0.3, -0.25) is 14.4 Å². The third kappa shape index (κ3) is 5.18. The normalized spacial score (nSPS) is 15.7. The van der Waals surface area contributed by atoms with Gasteiger partial charge in [-0.2, -0.15) is 18.3 Å². The Labute approximate surface area is 169 Å². The van der Waals surface area contributed by atoms with Gasteiger partial charge < -0.3 is 4.90 Å². The van der Waals surface area contributed by atoms with Gasteiger partial charge in [-0.05, 0) is 38.0 Å². The zero-order valence-corrected chi connectivity index (χ0v) is 17.1. The van der Waals surface area contributed by atoms with Crippen molar-refractivity contribution in [1.82, 2.24) is 19.6 Å². The van der Waals surface area contributed by atoms with Crippen molar-refractivity contribution in [3.63, 3.8) is 0 Å². The average molecular weight is 408 g/mol. The number of carbonyl (C=O) groups is 1. The first-order chi connectivity index (χ1) is 13.6. The highest BCUT2D eigenvalue weighted by atomic mass is 19.4. The Kier molecular flexibility index (Phi) is 6.31. The lowest BCUT2D eigenvalue weighted by Gasteiger charge is -2.35. The van der Waals surface area contributed by atoms with E-state index in [-0.39, 0.29) is 5.91 Å². The highest BCUT2D eigenvalue weighted by molar-refractivity contribution is 5.76. The summed E-state index contributed by atoms with van der Waals surface area (Å²) in [6.07, 6.45) is -3.57. The molecule has 0 N–H and O–H groups in total. The predicted octanol–water partition coefficient (Wildman–Crippen LogP) is 3.33. The summed E-state index contributed by atoms with van der Waals surface area (Å²) in [6.45, 7) is 7.87. The van der Waals surface area contributed by atoms with Crippen molar-refractivity contribution >= 4 is 5.91 Å².